The number of aryl methyl sites for hydroxylation is 1. The molecule has 0 aliphatic carbocycles. The van der Waals surface area contributed by atoms with Gasteiger partial charge in [-0.05, 0) is 19.1 Å². The molecule has 7 nitrogen and oxygen atoms in total. The minimum absolute atomic E-state index is 0.0274. The largest absolute Gasteiger partial charge is 0.384 e. The van der Waals surface area contributed by atoms with E-state index in [4.69, 9.17) is 5.73 Å². The summed E-state index contributed by atoms with van der Waals surface area (Å²) in [6, 6.07) is 2.79. The van der Waals surface area contributed by atoms with Gasteiger partial charge in [0.15, 0.2) is 0 Å². The zero-order chi connectivity index (χ0) is 12.5. The summed E-state index contributed by atoms with van der Waals surface area (Å²) in [6.45, 7) is 1.74. The lowest BCUT2D eigenvalue weighted by atomic mass is 10.5. The average molecular weight is 271 g/mol. The van der Waals surface area contributed by atoms with E-state index in [0.717, 1.165) is 11.3 Å². The first kappa shape index (κ1) is 11.7. The van der Waals surface area contributed by atoms with Crippen molar-refractivity contribution in [2.75, 3.05) is 10.5 Å². The summed E-state index contributed by atoms with van der Waals surface area (Å²) in [6.07, 6.45) is 1.19. The van der Waals surface area contributed by atoms with Gasteiger partial charge in [-0.1, -0.05) is 11.3 Å². The number of anilines is 2. The highest BCUT2D eigenvalue weighted by Crippen LogP contribution is 2.18. The Kier molecular flexibility index (Phi) is 2.94. The molecule has 0 saturated carbocycles. The number of aromatic nitrogens is 3. The summed E-state index contributed by atoms with van der Waals surface area (Å²) in [5.41, 5.74) is 5.38. The van der Waals surface area contributed by atoms with E-state index >= 15 is 0 Å². The van der Waals surface area contributed by atoms with Gasteiger partial charge in [0.05, 0.1) is 0 Å². The first-order valence-corrected chi connectivity index (χ1v) is 6.82. The highest BCUT2D eigenvalue weighted by Gasteiger charge is 2.16. The van der Waals surface area contributed by atoms with Crippen LogP contribution in [0.25, 0.3) is 0 Å². The van der Waals surface area contributed by atoms with Gasteiger partial charge in [0.25, 0.3) is 10.0 Å². The molecule has 0 atom stereocenters. The lowest BCUT2D eigenvalue weighted by Crippen LogP contribution is -2.13. The molecule has 0 spiro atoms. The molecule has 0 aliphatic heterocycles. The summed E-state index contributed by atoms with van der Waals surface area (Å²) in [5.74, 6) is 0.260. The van der Waals surface area contributed by atoms with Crippen molar-refractivity contribution in [1.82, 2.24) is 15.2 Å². The van der Waals surface area contributed by atoms with Crippen molar-refractivity contribution in [1.29, 1.82) is 0 Å². The van der Waals surface area contributed by atoms with Gasteiger partial charge in [-0.2, -0.15) is 0 Å². The molecule has 0 bridgehead atoms. The molecule has 0 amide bonds. The maximum Gasteiger partial charge on any atom is 0.265 e. The van der Waals surface area contributed by atoms with E-state index in [-0.39, 0.29) is 15.8 Å². The van der Waals surface area contributed by atoms with Crippen molar-refractivity contribution in [2.45, 2.75) is 11.8 Å². The predicted molar refractivity (Wildman–Crippen MR) is 64.1 cm³/mol. The van der Waals surface area contributed by atoms with Crippen LogP contribution in [0.3, 0.4) is 0 Å². The molecule has 17 heavy (non-hydrogen) atoms. The van der Waals surface area contributed by atoms with E-state index < -0.39 is 10.0 Å². The fourth-order valence-electron chi connectivity index (χ4n) is 1.06. The zero-order valence-electron chi connectivity index (χ0n) is 8.78. The van der Waals surface area contributed by atoms with Crippen LogP contribution in [0.4, 0.5) is 10.9 Å². The van der Waals surface area contributed by atoms with E-state index in [1.807, 2.05) is 0 Å². The van der Waals surface area contributed by atoms with Gasteiger partial charge in [0, 0.05) is 6.20 Å². The molecule has 2 heterocycles. The van der Waals surface area contributed by atoms with Gasteiger partial charge >= 0.3 is 0 Å². The van der Waals surface area contributed by atoms with Crippen LogP contribution in [-0.2, 0) is 10.0 Å². The highest BCUT2D eigenvalue weighted by atomic mass is 32.2. The van der Waals surface area contributed by atoms with Crippen molar-refractivity contribution >= 4 is 32.3 Å². The highest BCUT2D eigenvalue weighted by molar-refractivity contribution is 7.93. The van der Waals surface area contributed by atoms with Gasteiger partial charge in [-0.25, -0.2) is 13.4 Å². The van der Waals surface area contributed by atoms with Crippen LogP contribution in [0.15, 0.2) is 23.2 Å². The summed E-state index contributed by atoms with van der Waals surface area (Å²) < 4.78 is 26.0. The van der Waals surface area contributed by atoms with Crippen molar-refractivity contribution < 1.29 is 8.42 Å². The Bertz CT molecular complexity index is 620. The van der Waals surface area contributed by atoms with Gasteiger partial charge < -0.3 is 5.73 Å². The Morgan fingerprint density at radius 3 is 2.65 bits per heavy atom. The molecule has 9 heteroatoms. The average Bonchev–Trinajstić information content (AvgIpc) is 2.63. The van der Waals surface area contributed by atoms with Crippen molar-refractivity contribution in [3.8, 4) is 0 Å². The molecular formula is C8H9N5O2S2. The third kappa shape index (κ3) is 2.68. The fraction of sp³-hybridized carbons (Fsp3) is 0.125. The van der Waals surface area contributed by atoms with E-state index in [2.05, 4.69) is 19.9 Å². The second kappa shape index (κ2) is 4.26. The third-order valence-corrected chi connectivity index (χ3v) is 4.02. The number of nitrogens with two attached hydrogens (primary N) is 1. The standard InChI is InChI=1S/C8H9N5O2S2/c1-5-11-12-8(16-5)13-17(14,15)6-2-3-7(9)10-4-6/h2-4H,1H3,(H2,9,10)(H,12,13). The van der Waals surface area contributed by atoms with Crippen molar-refractivity contribution in [3.63, 3.8) is 0 Å². The lowest BCUT2D eigenvalue weighted by molar-refractivity contribution is 0.600. The quantitative estimate of drug-likeness (QED) is 0.846. The number of pyridine rings is 1. The molecule has 90 valence electrons. The number of hydrogen-bond acceptors (Lipinski definition) is 7. The zero-order valence-corrected chi connectivity index (χ0v) is 10.4. The monoisotopic (exact) mass is 271 g/mol. The number of hydrogen-bond donors (Lipinski definition) is 2. The van der Waals surface area contributed by atoms with Crippen LogP contribution in [0.2, 0.25) is 0 Å². The Hall–Kier alpha value is -1.74. The van der Waals surface area contributed by atoms with Gasteiger partial charge in [0.1, 0.15) is 15.7 Å². The first-order chi connectivity index (χ1) is 7.97. The number of rotatable bonds is 3. The summed E-state index contributed by atoms with van der Waals surface area (Å²) >= 11 is 1.15. The van der Waals surface area contributed by atoms with Crippen LogP contribution in [0, 0.1) is 6.92 Å². The minimum atomic E-state index is -3.68. The number of nitrogen functional groups attached to an aromatic ring is 1. The van der Waals surface area contributed by atoms with Crippen LogP contribution in [-0.4, -0.2) is 23.6 Å². The molecule has 3 N–H and O–H groups in total. The SMILES string of the molecule is Cc1nnc(NS(=O)(=O)c2ccc(N)nc2)s1. The third-order valence-electron chi connectivity index (χ3n) is 1.82. The topological polar surface area (TPSA) is 111 Å². The van der Waals surface area contributed by atoms with E-state index in [1.165, 1.54) is 18.3 Å². The summed E-state index contributed by atoms with van der Waals surface area (Å²) in [7, 11) is -3.68. The fourth-order valence-corrected chi connectivity index (χ4v) is 2.83. The summed E-state index contributed by atoms with van der Waals surface area (Å²) in [4.78, 5) is 3.75. The van der Waals surface area contributed by atoms with Gasteiger partial charge in [0.2, 0.25) is 5.13 Å². The van der Waals surface area contributed by atoms with E-state index in [0.29, 0.717) is 5.01 Å². The van der Waals surface area contributed by atoms with Gasteiger partial charge in [-0.15, -0.1) is 10.2 Å². The Morgan fingerprint density at radius 2 is 2.12 bits per heavy atom. The van der Waals surface area contributed by atoms with Crippen LogP contribution >= 0.6 is 11.3 Å². The number of nitrogens with zero attached hydrogens (tertiary/aromatic N) is 3. The first-order valence-electron chi connectivity index (χ1n) is 4.52. The molecule has 0 unspecified atom stereocenters. The molecule has 0 saturated heterocycles. The smallest absolute Gasteiger partial charge is 0.265 e. The van der Waals surface area contributed by atoms with Crippen LogP contribution < -0.4 is 10.5 Å². The Morgan fingerprint density at radius 1 is 1.35 bits per heavy atom. The Balaban J connectivity index is 2.28. The minimum Gasteiger partial charge on any atom is -0.384 e. The molecular weight excluding hydrogens is 262 g/mol. The second-order valence-electron chi connectivity index (χ2n) is 3.15. The summed E-state index contributed by atoms with van der Waals surface area (Å²) in [5, 5.41) is 8.29. The molecule has 0 aromatic carbocycles. The number of sulfonamides is 1. The van der Waals surface area contributed by atoms with Gasteiger partial charge in [-0.3, -0.25) is 4.72 Å². The van der Waals surface area contributed by atoms with Crippen LogP contribution in [0.5, 0.6) is 0 Å². The van der Waals surface area contributed by atoms with Crippen LogP contribution in [0.1, 0.15) is 5.01 Å². The molecule has 0 aliphatic rings. The van der Waals surface area contributed by atoms with E-state index in [9.17, 15) is 8.42 Å². The maximum atomic E-state index is 11.9. The number of nitrogens with one attached hydrogen (secondary N) is 1. The molecule has 0 radical (unpaired) electrons. The van der Waals surface area contributed by atoms with E-state index in [1.54, 1.807) is 6.92 Å². The van der Waals surface area contributed by atoms with Crippen molar-refractivity contribution in [2.24, 2.45) is 0 Å². The molecule has 0 fully saturated rings. The molecule has 2 aromatic heterocycles. The normalized spacial score (nSPS) is 11.4. The second-order valence-corrected chi connectivity index (χ2v) is 6.01. The Labute approximate surface area is 102 Å². The lowest BCUT2D eigenvalue weighted by Gasteiger charge is -2.03. The predicted octanol–water partition coefficient (Wildman–Crippen LogP) is 0.625. The molecule has 2 rings (SSSR count). The van der Waals surface area contributed by atoms with Crippen molar-refractivity contribution in [3.05, 3.63) is 23.3 Å². The molecule has 2 aromatic rings. The maximum absolute atomic E-state index is 11.9.